The van der Waals surface area contributed by atoms with Gasteiger partial charge >= 0.3 is 0 Å². The molecule has 1 aliphatic rings. The summed E-state index contributed by atoms with van der Waals surface area (Å²) in [6.07, 6.45) is 1.59. The van der Waals surface area contributed by atoms with Crippen molar-refractivity contribution in [1.82, 2.24) is 10.6 Å². The average Bonchev–Trinajstić information content (AvgIpc) is 2.84. The molecule has 5 heteroatoms. The highest BCUT2D eigenvalue weighted by molar-refractivity contribution is 7.14. The Kier molecular flexibility index (Phi) is 3.84. The molecule has 1 amide bonds. The molecule has 2 N–H and O–H groups in total. The first-order valence-corrected chi connectivity index (χ1v) is 6.67. The second-order valence-corrected chi connectivity index (χ2v) is 5.66. The van der Waals surface area contributed by atoms with E-state index in [4.69, 9.17) is 11.6 Å². The minimum Gasteiger partial charge on any atom is -0.352 e. The van der Waals surface area contributed by atoms with E-state index in [9.17, 15) is 4.79 Å². The zero-order valence-electron chi connectivity index (χ0n) is 9.13. The van der Waals surface area contributed by atoms with Gasteiger partial charge in [0.25, 0.3) is 0 Å². The fourth-order valence-corrected chi connectivity index (χ4v) is 2.80. The largest absolute Gasteiger partial charge is 0.352 e. The molecule has 2 unspecified atom stereocenters. The Morgan fingerprint density at radius 1 is 1.75 bits per heavy atom. The minimum atomic E-state index is 0.165. The van der Waals surface area contributed by atoms with Crippen molar-refractivity contribution in [3.8, 4) is 0 Å². The van der Waals surface area contributed by atoms with Gasteiger partial charge in [-0.25, -0.2) is 0 Å². The van der Waals surface area contributed by atoms with Crippen LogP contribution in [0.5, 0.6) is 0 Å². The Bertz CT molecular complexity index is 380. The summed E-state index contributed by atoms with van der Waals surface area (Å²) >= 11 is 7.43. The predicted molar refractivity (Wildman–Crippen MR) is 66.9 cm³/mol. The molecule has 0 aliphatic carbocycles. The Hall–Kier alpha value is -0.580. The number of carbonyl (C=O) groups is 1. The number of rotatable bonds is 4. The summed E-state index contributed by atoms with van der Waals surface area (Å²) in [7, 11) is 0. The molecule has 0 saturated carbocycles. The molecule has 3 nitrogen and oxygen atoms in total. The van der Waals surface area contributed by atoms with Gasteiger partial charge in [0.2, 0.25) is 5.91 Å². The zero-order chi connectivity index (χ0) is 11.5. The lowest BCUT2D eigenvalue weighted by Gasteiger charge is -2.16. The third kappa shape index (κ3) is 2.97. The van der Waals surface area contributed by atoms with Gasteiger partial charge in [0.15, 0.2) is 0 Å². The highest BCUT2D eigenvalue weighted by Crippen LogP contribution is 2.24. The summed E-state index contributed by atoms with van der Waals surface area (Å²) in [5.41, 5.74) is 1.21. The van der Waals surface area contributed by atoms with E-state index in [1.165, 1.54) is 5.56 Å². The molecule has 0 spiro atoms. The zero-order valence-corrected chi connectivity index (χ0v) is 10.7. The van der Waals surface area contributed by atoms with Crippen molar-refractivity contribution in [3.05, 3.63) is 21.3 Å². The molecule has 1 aliphatic heterocycles. The van der Waals surface area contributed by atoms with Crippen LogP contribution in [0.4, 0.5) is 0 Å². The fraction of sp³-hybridized carbons (Fsp3) is 0.545. The van der Waals surface area contributed by atoms with Gasteiger partial charge in [0.1, 0.15) is 0 Å². The van der Waals surface area contributed by atoms with Crippen LogP contribution in [0.1, 0.15) is 31.4 Å². The molecule has 1 saturated heterocycles. The van der Waals surface area contributed by atoms with Gasteiger partial charge < -0.3 is 10.6 Å². The van der Waals surface area contributed by atoms with Crippen LogP contribution in [0.25, 0.3) is 0 Å². The number of thiophene rings is 1. The van der Waals surface area contributed by atoms with Crippen LogP contribution < -0.4 is 10.6 Å². The van der Waals surface area contributed by atoms with E-state index in [1.807, 2.05) is 6.07 Å². The highest BCUT2D eigenvalue weighted by Gasteiger charge is 2.20. The molecule has 1 fully saturated rings. The van der Waals surface area contributed by atoms with E-state index in [2.05, 4.69) is 22.9 Å². The second kappa shape index (κ2) is 5.17. The molecule has 2 rings (SSSR count). The number of carbonyl (C=O) groups excluding carboxylic acids is 1. The van der Waals surface area contributed by atoms with Gasteiger partial charge in [0.05, 0.1) is 4.34 Å². The quantitative estimate of drug-likeness (QED) is 0.870. The van der Waals surface area contributed by atoms with Gasteiger partial charge in [-0.1, -0.05) is 11.6 Å². The van der Waals surface area contributed by atoms with E-state index < -0.39 is 0 Å². The maximum atomic E-state index is 11.0. The first-order valence-electron chi connectivity index (χ1n) is 5.42. The topological polar surface area (TPSA) is 41.1 Å². The van der Waals surface area contributed by atoms with Crippen molar-refractivity contribution in [2.24, 2.45) is 0 Å². The van der Waals surface area contributed by atoms with Crippen molar-refractivity contribution in [1.29, 1.82) is 0 Å². The van der Waals surface area contributed by atoms with Crippen LogP contribution in [-0.2, 0) is 4.79 Å². The smallest absolute Gasteiger partial charge is 0.220 e. The van der Waals surface area contributed by atoms with Gasteiger partial charge in [-0.2, -0.15) is 0 Å². The number of amides is 1. The maximum Gasteiger partial charge on any atom is 0.220 e. The monoisotopic (exact) mass is 258 g/mol. The molecular weight excluding hydrogens is 244 g/mol. The average molecular weight is 259 g/mol. The standard InChI is InChI=1S/C11H15ClN2OS/c1-7(8-4-10(12)16-6-8)13-5-9-2-3-11(15)14-9/h4,6-7,9,13H,2-3,5H2,1H3,(H,14,15). The van der Waals surface area contributed by atoms with Crippen molar-refractivity contribution >= 4 is 28.8 Å². The Morgan fingerprint density at radius 3 is 3.12 bits per heavy atom. The maximum absolute atomic E-state index is 11.0. The van der Waals surface area contributed by atoms with Crippen molar-refractivity contribution < 1.29 is 4.79 Å². The normalized spacial score (nSPS) is 22.1. The van der Waals surface area contributed by atoms with Crippen LogP contribution in [-0.4, -0.2) is 18.5 Å². The van der Waals surface area contributed by atoms with Crippen LogP contribution >= 0.6 is 22.9 Å². The summed E-state index contributed by atoms with van der Waals surface area (Å²) in [6.45, 7) is 2.93. The van der Waals surface area contributed by atoms with Crippen LogP contribution in [0.3, 0.4) is 0 Å². The molecule has 2 atom stereocenters. The second-order valence-electron chi connectivity index (χ2n) is 4.12. The first kappa shape index (κ1) is 11.9. The van der Waals surface area contributed by atoms with E-state index in [0.717, 1.165) is 17.3 Å². The Morgan fingerprint density at radius 2 is 2.56 bits per heavy atom. The summed E-state index contributed by atoms with van der Waals surface area (Å²) in [5, 5.41) is 8.41. The molecule has 1 aromatic rings. The summed E-state index contributed by atoms with van der Waals surface area (Å²) < 4.78 is 0.817. The lowest BCUT2D eigenvalue weighted by molar-refractivity contribution is -0.119. The van der Waals surface area contributed by atoms with E-state index in [1.54, 1.807) is 11.3 Å². The van der Waals surface area contributed by atoms with Crippen molar-refractivity contribution in [2.75, 3.05) is 6.54 Å². The van der Waals surface area contributed by atoms with Gasteiger partial charge in [-0.05, 0) is 30.4 Å². The SMILES string of the molecule is CC(NCC1CCC(=O)N1)c1csc(Cl)c1. The summed E-state index contributed by atoms with van der Waals surface area (Å²) in [6, 6.07) is 2.54. The number of hydrogen-bond donors (Lipinski definition) is 2. The molecule has 0 bridgehead atoms. The molecular formula is C11H15ClN2OS. The highest BCUT2D eigenvalue weighted by atomic mass is 35.5. The number of nitrogens with one attached hydrogen (secondary N) is 2. The molecule has 16 heavy (non-hydrogen) atoms. The van der Waals surface area contributed by atoms with Crippen LogP contribution in [0.2, 0.25) is 4.34 Å². The first-order chi connectivity index (χ1) is 7.65. The fourth-order valence-electron chi connectivity index (χ4n) is 1.82. The third-order valence-electron chi connectivity index (χ3n) is 2.84. The molecule has 2 heterocycles. The molecule has 88 valence electrons. The molecule has 1 aromatic heterocycles. The van der Waals surface area contributed by atoms with Crippen molar-refractivity contribution in [3.63, 3.8) is 0 Å². The summed E-state index contributed by atoms with van der Waals surface area (Å²) in [5.74, 6) is 0.165. The molecule has 0 radical (unpaired) electrons. The summed E-state index contributed by atoms with van der Waals surface area (Å²) in [4.78, 5) is 11.0. The Balaban J connectivity index is 1.79. The predicted octanol–water partition coefficient (Wildman–Crippen LogP) is 2.33. The third-order valence-corrected chi connectivity index (χ3v) is 3.95. The van der Waals surface area contributed by atoms with Crippen LogP contribution in [0.15, 0.2) is 11.4 Å². The van der Waals surface area contributed by atoms with E-state index in [-0.39, 0.29) is 18.0 Å². The van der Waals surface area contributed by atoms with E-state index >= 15 is 0 Å². The lowest BCUT2D eigenvalue weighted by Crippen LogP contribution is -2.36. The number of halogens is 1. The molecule has 0 aromatic carbocycles. The van der Waals surface area contributed by atoms with Crippen LogP contribution in [0, 0.1) is 0 Å². The van der Waals surface area contributed by atoms with Gasteiger partial charge in [-0.15, -0.1) is 11.3 Å². The van der Waals surface area contributed by atoms with Gasteiger partial charge in [0, 0.05) is 25.0 Å². The van der Waals surface area contributed by atoms with E-state index in [0.29, 0.717) is 6.42 Å². The van der Waals surface area contributed by atoms with Crippen molar-refractivity contribution in [2.45, 2.75) is 31.8 Å². The Labute approximate surface area is 104 Å². The minimum absolute atomic E-state index is 0.165. The van der Waals surface area contributed by atoms with Gasteiger partial charge in [-0.3, -0.25) is 4.79 Å². The lowest BCUT2D eigenvalue weighted by atomic mass is 10.1. The number of hydrogen-bond acceptors (Lipinski definition) is 3.